The van der Waals surface area contributed by atoms with E-state index in [9.17, 15) is 14.4 Å². The van der Waals surface area contributed by atoms with Gasteiger partial charge in [0.2, 0.25) is 17.7 Å². The maximum absolute atomic E-state index is 13.5. The molecule has 0 spiro atoms. The van der Waals surface area contributed by atoms with Crippen molar-refractivity contribution >= 4 is 17.7 Å². The molecule has 0 unspecified atom stereocenters. The Balaban J connectivity index is 0.954. The molecule has 1 aromatic heterocycles. The molecule has 0 aliphatic heterocycles. The summed E-state index contributed by atoms with van der Waals surface area (Å²) in [6.45, 7) is 1.06. The number of nitrogens with zero attached hydrogens (tertiary/aromatic N) is 1. The summed E-state index contributed by atoms with van der Waals surface area (Å²) >= 11 is 0. The summed E-state index contributed by atoms with van der Waals surface area (Å²) in [7, 11) is 0. The van der Waals surface area contributed by atoms with Crippen LogP contribution in [0.25, 0.3) is 11.1 Å². The van der Waals surface area contributed by atoms with Gasteiger partial charge in [0.25, 0.3) is 0 Å². The van der Waals surface area contributed by atoms with E-state index in [1.807, 2.05) is 158 Å². The van der Waals surface area contributed by atoms with Gasteiger partial charge < -0.3 is 20.7 Å². The van der Waals surface area contributed by atoms with Crippen LogP contribution < -0.4 is 20.7 Å². The van der Waals surface area contributed by atoms with Gasteiger partial charge in [-0.1, -0.05) is 140 Å². The molecule has 6 aromatic rings. The lowest BCUT2D eigenvalue weighted by molar-refractivity contribution is -0.127. The number of amides is 3. The van der Waals surface area contributed by atoms with Crippen LogP contribution in [0, 0.1) is 0 Å². The second-order valence-electron chi connectivity index (χ2n) is 12.6. The molecule has 3 amide bonds. The Hall–Kier alpha value is -6.54. The molecule has 5 aromatic carbocycles. The van der Waals surface area contributed by atoms with E-state index in [0.29, 0.717) is 24.5 Å². The van der Waals surface area contributed by atoms with Gasteiger partial charge in [0.05, 0.1) is 13.0 Å². The molecule has 3 N–H and O–H groups in total. The van der Waals surface area contributed by atoms with E-state index in [0.717, 1.165) is 33.4 Å². The number of rotatable bonds is 16. The normalized spacial score (nSPS) is 10.9. The van der Waals surface area contributed by atoms with Crippen molar-refractivity contribution in [2.75, 3.05) is 13.2 Å². The highest BCUT2D eigenvalue weighted by molar-refractivity contribution is 5.85. The lowest BCUT2D eigenvalue weighted by Gasteiger charge is -2.37. The van der Waals surface area contributed by atoms with Crippen LogP contribution in [0.1, 0.15) is 40.8 Å². The van der Waals surface area contributed by atoms with E-state index in [-0.39, 0.29) is 43.6 Å². The number of carbonyl (C=O) groups is 3. The van der Waals surface area contributed by atoms with Crippen molar-refractivity contribution in [3.05, 3.63) is 192 Å². The second kappa shape index (κ2) is 18.1. The highest BCUT2D eigenvalue weighted by Gasteiger charge is 2.37. The van der Waals surface area contributed by atoms with Crippen LogP contribution in [0.15, 0.2) is 164 Å². The molecule has 1 heterocycles. The van der Waals surface area contributed by atoms with Crippen LogP contribution in [0.3, 0.4) is 0 Å². The molecule has 0 radical (unpaired) electrons. The van der Waals surface area contributed by atoms with Crippen molar-refractivity contribution < 1.29 is 19.1 Å². The molecule has 0 aliphatic rings. The molecule has 0 saturated carbocycles. The molecule has 8 heteroatoms. The third-order valence-corrected chi connectivity index (χ3v) is 8.91. The standard InChI is InChI=1S/C45H42N4O4/c50-42(27-28-43(51)49-45(37-15-7-2-8-16-37,38-17-9-3-10-18-38)39-19-11-4-12-20-39)46-29-30-53-41-25-22-35(23-26-41)36-21-24-40(47-33-36)31-44(52)48-32-34-13-5-1-6-14-34/h1-26,33H,27-32H2,(H,46,50)(H,48,52)(H,49,51). The zero-order valence-corrected chi connectivity index (χ0v) is 29.4. The van der Waals surface area contributed by atoms with Crippen molar-refractivity contribution in [1.82, 2.24) is 20.9 Å². The SMILES string of the molecule is O=C(CCC(=O)NC(c1ccccc1)(c1ccccc1)c1ccccc1)NCCOc1ccc(-c2ccc(CC(=O)NCc3ccccc3)nc2)cc1. The second-order valence-corrected chi connectivity index (χ2v) is 12.6. The Morgan fingerprint density at radius 3 is 1.62 bits per heavy atom. The van der Waals surface area contributed by atoms with Crippen molar-refractivity contribution in [3.63, 3.8) is 0 Å². The molecular formula is C45H42N4O4. The molecule has 0 saturated heterocycles. The van der Waals surface area contributed by atoms with Gasteiger partial charge in [0.15, 0.2) is 0 Å². The summed E-state index contributed by atoms with van der Waals surface area (Å²) in [4.78, 5) is 43.1. The molecular weight excluding hydrogens is 661 g/mol. The van der Waals surface area contributed by atoms with Crippen LogP contribution in [-0.4, -0.2) is 35.9 Å². The zero-order chi connectivity index (χ0) is 36.7. The van der Waals surface area contributed by atoms with E-state index < -0.39 is 5.54 Å². The molecule has 0 atom stereocenters. The first-order chi connectivity index (χ1) is 26.0. The first kappa shape index (κ1) is 36.3. The average Bonchev–Trinajstić information content (AvgIpc) is 3.22. The van der Waals surface area contributed by atoms with Crippen molar-refractivity contribution in [3.8, 4) is 16.9 Å². The summed E-state index contributed by atoms with van der Waals surface area (Å²) < 4.78 is 5.85. The van der Waals surface area contributed by atoms with Crippen molar-refractivity contribution in [1.29, 1.82) is 0 Å². The monoisotopic (exact) mass is 702 g/mol. The Kier molecular flexibility index (Phi) is 12.4. The maximum Gasteiger partial charge on any atom is 0.226 e. The third kappa shape index (κ3) is 9.83. The number of hydrogen-bond donors (Lipinski definition) is 3. The van der Waals surface area contributed by atoms with Crippen LogP contribution in [0.5, 0.6) is 5.75 Å². The van der Waals surface area contributed by atoms with Crippen molar-refractivity contribution in [2.24, 2.45) is 0 Å². The highest BCUT2D eigenvalue weighted by Crippen LogP contribution is 2.37. The van der Waals surface area contributed by atoms with Crippen LogP contribution in [-0.2, 0) is 32.9 Å². The molecule has 6 rings (SSSR count). The van der Waals surface area contributed by atoms with Gasteiger partial charge in [-0.25, -0.2) is 0 Å². The molecule has 53 heavy (non-hydrogen) atoms. The van der Waals surface area contributed by atoms with Gasteiger partial charge in [0, 0.05) is 36.8 Å². The Morgan fingerprint density at radius 2 is 1.08 bits per heavy atom. The van der Waals surface area contributed by atoms with E-state index in [1.54, 1.807) is 6.20 Å². The van der Waals surface area contributed by atoms with Crippen LogP contribution in [0.2, 0.25) is 0 Å². The summed E-state index contributed by atoms with van der Waals surface area (Å²) in [5, 5.41) is 9.08. The summed E-state index contributed by atoms with van der Waals surface area (Å²) in [5.41, 5.74) is 5.47. The Bertz CT molecular complexity index is 1960. The van der Waals surface area contributed by atoms with Gasteiger partial charge >= 0.3 is 0 Å². The fourth-order valence-electron chi connectivity index (χ4n) is 6.19. The number of ether oxygens (including phenoxy) is 1. The number of benzene rings is 5. The van der Waals surface area contributed by atoms with Gasteiger partial charge in [-0.2, -0.15) is 0 Å². The Morgan fingerprint density at radius 1 is 0.547 bits per heavy atom. The maximum atomic E-state index is 13.5. The number of pyridine rings is 1. The minimum Gasteiger partial charge on any atom is -0.492 e. The predicted octanol–water partition coefficient (Wildman–Crippen LogP) is 6.99. The molecule has 0 fully saturated rings. The highest BCUT2D eigenvalue weighted by atomic mass is 16.5. The minimum atomic E-state index is -0.929. The first-order valence-corrected chi connectivity index (χ1v) is 17.7. The number of hydrogen-bond acceptors (Lipinski definition) is 5. The van der Waals surface area contributed by atoms with E-state index in [4.69, 9.17) is 4.74 Å². The largest absolute Gasteiger partial charge is 0.492 e. The smallest absolute Gasteiger partial charge is 0.226 e. The lowest BCUT2D eigenvalue weighted by atomic mass is 9.77. The summed E-state index contributed by atoms with van der Waals surface area (Å²) in [5.74, 6) is 0.127. The number of aromatic nitrogens is 1. The first-order valence-electron chi connectivity index (χ1n) is 17.7. The van der Waals surface area contributed by atoms with Crippen molar-refractivity contribution in [2.45, 2.75) is 31.3 Å². The van der Waals surface area contributed by atoms with Gasteiger partial charge in [-0.05, 0) is 46.0 Å². The van der Waals surface area contributed by atoms with Gasteiger partial charge in [0.1, 0.15) is 17.9 Å². The average molecular weight is 703 g/mol. The zero-order valence-electron chi connectivity index (χ0n) is 29.4. The van der Waals surface area contributed by atoms with E-state index in [1.165, 1.54) is 0 Å². The lowest BCUT2D eigenvalue weighted by Crippen LogP contribution is -2.48. The number of nitrogens with one attached hydrogen (secondary N) is 3. The summed E-state index contributed by atoms with van der Waals surface area (Å²) in [6, 6.07) is 50.9. The number of carbonyl (C=O) groups excluding carboxylic acids is 3. The minimum absolute atomic E-state index is 0.0275. The molecule has 266 valence electrons. The van der Waals surface area contributed by atoms with Gasteiger partial charge in [-0.3, -0.25) is 19.4 Å². The molecule has 8 nitrogen and oxygen atoms in total. The fraction of sp³-hybridized carbons (Fsp3) is 0.156. The van der Waals surface area contributed by atoms with E-state index >= 15 is 0 Å². The Labute approximate surface area is 310 Å². The fourth-order valence-corrected chi connectivity index (χ4v) is 6.19. The van der Waals surface area contributed by atoms with E-state index in [2.05, 4.69) is 20.9 Å². The van der Waals surface area contributed by atoms with Crippen LogP contribution in [0.4, 0.5) is 0 Å². The predicted molar refractivity (Wildman–Crippen MR) is 207 cm³/mol. The quantitative estimate of drug-likeness (QED) is 0.0745. The topological polar surface area (TPSA) is 109 Å². The summed E-state index contributed by atoms with van der Waals surface area (Å²) in [6.07, 6.45) is 2.04. The molecule has 0 aliphatic carbocycles. The molecule has 0 bridgehead atoms. The third-order valence-electron chi connectivity index (χ3n) is 8.91. The van der Waals surface area contributed by atoms with Gasteiger partial charge in [-0.15, -0.1) is 0 Å². The van der Waals surface area contributed by atoms with Crippen LogP contribution >= 0.6 is 0 Å².